The molecule has 0 saturated heterocycles. The first-order valence-corrected chi connectivity index (χ1v) is 9.41. The van der Waals surface area contributed by atoms with E-state index in [1.165, 1.54) is 4.88 Å². The van der Waals surface area contributed by atoms with Crippen LogP contribution in [0.3, 0.4) is 0 Å². The number of para-hydroxylation sites is 1. The number of nitrogens with zero attached hydrogens (tertiary/aromatic N) is 2. The van der Waals surface area contributed by atoms with Crippen LogP contribution in [-0.4, -0.2) is 37.2 Å². The number of thiazole rings is 1. The molecule has 1 aromatic heterocycles. The maximum absolute atomic E-state index is 5.98. The quantitative estimate of drug-likeness (QED) is 0.353. The van der Waals surface area contributed by atoms with E-state index in [1.807, 2.05) is 25.1 Å². The summed E-state index contributed by atoms with van der Waals surface area (Å²) < 4.78 is 5.98. The number of ether oxygens (including phenoxy) is 1. The fraction of sp³-hybridized carbons (Fsp3) is 0.474. The van der Waals surface area contributed by atoms with Gasteiger partial charge in [0.05, 0.1) is 17.2 Å². The topological polar surface area (TPSA) is 58.5 Å². The SMILES string of the molecule is CN=C(NCCc1nc(C)c(C)s1)NCC(C)Oc1ccccc1C.I. The Kier molecular flexibility index (Phi) is 9.93. The lowest BCUT2D eigenvalue weighted by Gasteiger charge is -2.18. The zero-order valence-electron chi connectivity index (χ0n) is 16.1. The van der Waals surface area contributed by atoms with Crippen LogP contribution in [0.1, 0.15) is 28.1 Å². The summed E-state index contributed by atoms with van der Waals surface area (Å²) >= 11 is 1.76. The van der Waals surface area contributed by atoms with Gasteiger partial charge in [-0.05, 0) is 39.3 Å². The van der Waals surface area contributed by atoms with Crippen molar-refractivity contribution in [1.29, 1.82) is 0 Å². The molecule has 0 fully saturated rings. The number of nitrogens with one attached hydrogen (secondary N) is 2. The molecule has 26 heavy (non-hydrogen) atoms. The minimum absolute atomic E-state index is 0. The van der Waals surface area contributed by atoms with Gasteiger partial charge in [-0.2, -0.15) is 0 Å². The summed E-state index contributed by atoms with van der Waals surface area (Å²) in [6.45, 7) is 9.76. The minimum Gasteiger partial charge on any atom is -0.489 e. The van der Waals surface area contributed by atoms with Crippen LogP contribution in [0.25, 0.3) is 0 Å². The van der Waals surface area contributed by atoms with Gasteiger partial charge in [-0.3, -0.25) is 4.99 Å². The summed E-state index contributed by atoms with van der Waals surface area (Å²) in [7, 11) is 1.78. The second kappa shape index (κ2) is 11.4. The average molecular weight is 488 g/mol. The van der Waals surface area contributed by atoms with Gasteiger partial charge in [0.25, 0.3) is 0 Å². The number of halogens is 1. The first-order chi connectivity index (χ1) is 12.0. The molecule has 0 aliphatic rings. The van der Waals surface area contributed by atoms with Gasteiger partial charge in [0, 0.05) is 24.9 Å². The maximum Gasteiger partial charge on any atom is 0.191 e. The molecule has 0 spiro atoms. The molecule has 0 amide bonds. The number of aromatic nitrogens is 1. The van der Waals surface area contributed by atoms with Crippen molar-refractivity contribution >= 4 is 41.3 Å². The standard InChI is InChI=1S/C19H28N4OS.HI/c1-13-8-6-7-9-17(13)24-14(2)12-22-19(20-5)21-11-10-18-23-15(3)16(4)25-18;/h6-9,14H,10-12H2,1-5H3,(H2,20,21,22);1H. The number of aliphatic imine (C=N–C) groups is 1. The molecule has 0 bridgehead atoms. The van der Waals surface area contributed by atoms with Crippen LogP contribution >= 0.6 is 35.3 Å². The molecule has 1 atom stereocenters. The molecule has 2 rings (SSSR count). The second-order valence-corrected chi connectivity index (χ2v) is 7.36. The highest BCUT2D eigenvalue weighted by Crippen LogP contribution is 2.17. The summed E-state index contributed by atoms with van der Waals surface area (Å²) in [6.07, 6.45) is 0.943. The van der Waals surface area contributed by atoms with Gasteiger partial charge in [0.2, 0.25) is 0 Å². The maximum atomic E-state index is 5.98. The van der Waals surface area contributed by atoms with E-state index in [2.05, 4.69) is 47.4 Å². The van der Waals surface area contributed by atoms with E-state index < -0.39 is 0 Å². The van der Waals surface area contributed by atoms with E-state index in [9.17, 15) is 0 Å². The Hall–Kier alpha value is -1.35. The van der Waals surface area contributed by atoms with E-state index in [4.69, 9.17) is 4.74 Å². The first-order valence-electron chi connectivity index (χ1n) is 8.59. The van der Waals surface area contributed by atoms with E-state index in [0.717, 1.165) is 40.9 Å². The lowest BCUT2D eigenvalue weighted by molar-refractivity contribution is 0.222. The van der Waals surface area contributed by atoms with Crippen LogP contribution in [0.2, 0.25) is 0 Å². The van der Waals surface area contributed by atoms with Crippen molar-refractivity contribution in [1.82, 2.24) is 15.6 Å². The molecule has 1 aromatic carbocycles. The number of guanidine groups is 1. The fourth-order valence-corrected chi connectivity index (χ4v) is 3.28. The van der Waals surface area contributed by atoms with Gasteiger partial charge < -0.3 is 15.4 Å². The Morgan fingerprint density at radius 1 is 1.23 bits per heavy atom. The number of hydrogen-bond donors (Lipinski definition) is 2. The van der Waals surface area contributed by atoms with Crippen LogP contribution in [0, 0.1) is 20.8 Å². The largest absolute Gasteiger partial charge is 0.489 e. The Balaban J connectivity index is 0.00000338. The van der Waals surface area contributed by atoms with Crippen LogP contribution in [0.5, 0.6) is 5.75 Å². The Morgan fingerprint density at radius 2 is 1.96 bits per heavy atom. The first kappa shape index (κ1) is 22.7. The molecule has 2 aromatic rings. The van der Waals surface area contributed by atoms with Crippen molar-refractivity contribution in [3.63, 3.8) is 0 Å². The smallest absolute Gasteiger partial charge is 0.191 e. The molecule has 5 nitrogen and oxygen atoms in total. The van der Waals surface area contributed by atoms with Gasteiger partial charge in [-0.1, -0.05) is 18.2 Å². The highest BCUT2D eigenvalue weighted by atomic mass is 127. The van der Waals surface area contributed by atoms with Gasteiger partial charge in [0.1, 0.15) is 11.9 Å². The highest BCUT2D eigenvalue weighted by molar-refractivity contribution is 14.0. The fourth-order valence-electron chi connectivity index (χ4n) is 2.34. The van der Waals surface area contributed by atoms with Gasteiger partial charge in [-0.25, -0.2) is 4.98 Å². The summed E-state index contributed by atoms with van der Waals surface area (Å²) in [4.78, 5) is 10.1. The predicted molar refractivity (Wildman–Crippen MR) is 121 cm³/mol. The zero-order chi connectivity index (χ0) is 18.2. The van der Waals surface area contributed by atoms with Gasteiger partial charge in [-0.15, -0.1) is 35.3 Å². The van der Waals surface area contributed by atoms with Gasteiger partial charge >= 0.3 is 0 Å². The summed E-state index contributed by atoms with van der Waals surface area (Å²) in [6, 6.07) is 8.06. The lowest BCUT2D eigenvalue weighted by atomic mass is 10.2. The molecule has 7 heteroatoms. The van der Waals surface area contributed by atoms with Crippen molar-refractivity contribution in [3.05, 3.63) is 45.4 Å². The molecule has 0 aliphatic heterocycles. The molecule has 0 aliphatic carbocycles. The molecule has 0 saturated carbocycles. The second-order valence-electron chi connectivity index (χ2n) is 6.07. The van der Waals surface area contributed by atoms with Crippen LogP contribution in [-0.2, 0) is 6.42 Å². The third-order valence-corrected chi connectivity index (χ3v) is 5.04. The molecule has 0 radical (unpaired) electrons. The van der Waals surface area contributed by atoms with E-state index in [1.54, 1.807) is 18.4 Å². The molecule has 144 valence electrons. The molecule has 2 N–H and O–H groups in total. The number of rotatable bonds is 7. The molecular weight excluding hydrogens is 459 g/mol. The summed E-state index contributed by atoms with van der Waals surface area (Å²) in [5.41, 5.74) is 2.27. The molecule has 1 heterocycles. The number of hydrogen-bond acceptors (Lipinski definition) is 4. The Morgan fingerprint density at radius 3 is 2.58 bits per heavy atom. The monoisotopic (exact) mass is 488 g/mol. The lowest BCUT2D eigenvalue weighted by Crippen LogP contribution is -2.42. The highest BCUT2D eigenvalue weighted by Gasteiger charge is 2.08. The van der Waals surface area contributed by atoms with Crippen molar-refractivity contribution < 1.29 is 4.74 Å². The average Bonchev–Trinajstić information content (AvgIpc) is 2.91. The van der Waals surface area contributed by atoms with E-state index >= 15 is 0 Å². The molecular formula is C19H29IN4OS. The normalized spacial score (nSPS) is 12.3. The third kappa shape index (κ3) is 7.11. The number of benzene rings is 1. The Bertz CT molecular complexity index is 698. The summed E-state index contributed by atoms with van der Waals surface area (Å²) in [5.74, 6) is 1.71. The van der Waals surface area contributed by atoms with Crippen molar-refractivity contribution in [2.24, 2.45) is 4.99 Å². The number of aryl methyl sites for hydroxylation is 3. The molecule has 1 unspecified atom stereocenters. The van der Waals surface area contributed by atoms with Gasteiger partial charge in [0.15, 0.2) is 5.96 Å². The summed E-state index contributed by atoms with van der Waals surface area (Å²) in [5, 5.41) is 7.80. The van der Waals surface area contributed by atoms with Crippen LogP contribution < -0.4 is 15.4 Å². The third-order valence-electron chi connectivity index (χ3n) is 3.91. The van der Waals surface area contributed by atoms with Crippen LogP contribution in [0.15, 0.2) is 29.3 Å². The van der Waals surface area contributed by atoms with Crippen molar-refractivity contribution in [3.8, 4) is 5.75 Å². The Labute approximate surface area is 177 Å². The van der Waals surface area contributed by atoms with E-state index in [0.29, 0.717) is 6.54 Å². The van der Waals surface area contributed by atoms with E-state index in [-0.39, 0.29) is 30.1 Å². The zero-order valence-corrected chi connectivity index (χ0v) is 19.3. The predicted octanol–water partition coefficient (Wildman–Crippen LogP) is 3.86. The van der Waals surface area contributed by atoms with Crippen LogP contribution in [0.4, 0.5) is 0 Å². The van der Waals surface area contributed by atoms with Crippen molar-refractivity contribution in [2.75, 3.05) is 20.1 Å². The minimum atomic E-state index is 0. The van der Waals surface area contributed by atoms with Crippen molar-refractivity contribution in [2.45, 2.75) is 40.2 Å².